The number of nitrogens with one attached hydrogen (secondary N) is 1. The van der Waals surface area contributed by atoms with Gasteiger partial charge in [-0.15, -0.1) is 5.10 Å². The van der Waals surface area contributed by atoms with Crippen LogP contribution >= 0.6 is 11.5 Å². The lowest BCUT2D eigenvalue weighted by atomic mass is 9.81. The Morgan fingerprint density at radius 3 is 2.89 bits per heavy atom. The van der Waals surface area contributed by atoms with Crippen LogP contribution in [0.1, 0.15) is 19.8 Å². The molecule has 0 radical (unpaired) electrons. The monoisotopic (exact) mass is 270 g/mol. The van der Waals surface area contributed by atoms with Crippen molar-refractivity contribution in [2.45, 2.75) is 19.8 Å². The van der Waals surface area contributed by atoms with Gasteiger partial charge in [-0.1, -0.05) is 11.4 Å². The molecule has 18 heavy (non-hydrogen) atoms. The number of hydrogen-bond donors (Lipinski definition) is 1. The summed E-state index contributed by atoms with van der Waals surface area (Å²) in [5.74, 6) is 0. The van der Waals surface area contributed by atoms with Crippen molar-refractivity contribution in [1.29, 1.82) is 0 Å². The van der Waals surface area contributed by atoms with E-state index in [0.717, 1.165) is 32.5 Å². The van der Waals surface area contributed by atoms with Crippen LogP contribution in [0.15, 0.2) is 6.20 Å². The Morgan fingerprint density at radius 2 is 2.33 bits per heavy atom. The summed E-state index contributed by atoms with van der Waals surface area (Å²) in [5.41, 5.74) is 0.192. The molecule has 1 aliphatic heterocycles. The molecular formula is C11H18N4O2S. The van der Waals surface area contributed by atoms with Crippen LogP contribution in [0.4, 0.5) is 9.80 Å². The standard InChI is InChI=1S/C11H18N4O2S/c1-11(8-17-2)3-5-15(6-4-11)10(16)13-9-7-12-14-18-9/h7H,3-6,8H2,1-2H3,(H,13,16). The van der Waals surface area contributed by atoms with E-state index in [4.69, 9.17) is 4.74 Å². The number of ether oxygens (including phenoxy) is 1. The molecule has 1 N–H and O–H groups in total. The highest BCUT2D eigenvalue weighted by Gasteiger charge is 2.31. The topological polar surface area (TPSA) is 67.3 Å². The quantitative estimate of drug-likeness (QED) is 0.909. The van der Waals surface area contributed by atoms with Gasteiger partial charge >= 0.3 is 6.03 Å². The number of carbonyl (C=O) groups excluding carboxylic acids is 1. The van der Waals surface area contributed by atoms with Crippen molar-refractivity contribution in [3.05, 3.63) is 6.20 Å². The predicted octanol–water partition coefficient (Wildman–Crippen LogP) is 1.82. The maximum atomic E-state index is 12.0. The molecule has 2 heterocycles. The Kier molecular flexibility index (Phi) is 4.13. The molecule has 0 saturated carbocycles. The normalized spacial score (nSPS) is 18.7. The molecule has 1 aromatic rings. The van der Waals surface area contributed by atoms with Gasteiger partial charge < -0.3 is 9.64 Å². The van der Waals surface area contributed by atoms with Crippen molar-refractivity contribution in [1.82, 2.24) is 14.5 Å². The lowest BCUT2D eigenvalue weighted by Crippen LogP contribution is -2.45. The number of likely N-dealkylation sites (tertiary alicyclic amines) is 1. The van der Waals surface area contributed by atoms with Crippen molar-refractivity contribution in [3.8, 4) is 0 Å². The van der Waals surface area contributed by atoms with Gasteiger partial charge in [0.05, 0.1) is 12.8 Å². The molecule has 1 aromatic heterocycles. The fourth-order valence-corrected chi connectivity index (χ4v) is 2.56. The number of urea groups is 1. The molecule has 6 nitrogen and oxygen atoms in total. The first-order valence-electron chi connectivity index (χ1n) is 5.95. The number of nitrogens with zero attached hydrogens (tertiary/aromatic N) is 3. The fourth-order valence-electron chi connectivity index (χ4n) is 2.15. The number of rotatable bonds is 3. The number of carbonyl (C=O) groups is 1. The van der Waals surface area contributed by atoms with Gasteiger partial charge in [-0.25, -0.2) is 4.79 Å². The van der Waals surface area contributed by atoms with Gasteiger partial charge in [0.25, 0.3) is 0 Å². The second-order valence-electron chi connectivity index (χ2n) is 4.94. The third kappa shape index (κ3) is 3.17. The van der Waals surface area contributed by atoms with E-state index in [1.54, 1.807) is 13.3 Å². The van der Waals surface area contributed by atoms with E-state index in [9.17, 15) is 4.79 Å². The molecule has 0 bridgehead atoms. The van der Waals surface area contributed by atoms with Crippen LogP contribution in [0.2, 0.25) is 0 Å². The van der Waals surface area contributed by atoms with E-state index in [0.29, 0.717) is 5.00 Å². The van der Waals surface area contributed by atoms with Crippen molar-refractivity contribution < 1.29 is 9.53 Å². The van der Waals surface area contributed by atoms with Gasteiger partial charge in [0.15, 0.2) is 0 Å². The summed E-state index contributed by atoms with van der Waals surface area (Å²) in [6.07, 6.45) is 3.49. The van der Waals surface area contributed by atoms with Gasteiger partial charge in [-0.3, -0.25) is 5.32 Å². The first kappa shape index (κ1) is 13.2. The molecule has 1 fully saturated rings. The second kappa shape index (κ2) is 5.62. The number of aromatic nitrogens is 2. The van der Waals surface area contributed by atoms with Crippen molar-refractivity contribution in [3.63, 3.8) is 0 Å². The van der Waals surface area contributed by atoms with E-state index in [1.807, 2.05) is 4.90 Å². The first-order valence-corrected chi connectivity index (χ1v) is 6.72. The first-order chi connectivity index (χ1) is 8.63. The average molecular weight is 270 g/mol. The molecular weight excluding hydrogens is 252 g/mol. The molecule has 0 aliphatic carbocycles. The summed E-state index contributed by atoms with van der Waals surface area (Å²) in [5, 5.41) is 7.17. The van der Waals surface area contributed by atoms with Gasteiger partial charge in [0, 0.05) is 31.7 Å². The molecule has 0 aromatic carbocycles. The smallest absolute Gasteiger partial charge is 0.322 e. The van der Waals surface area contributed by atoms with Crippen LogP contribution in [-0.4, -0.2) is 47.3 Å². The van der Waals surface area contributed by atoms with Crippen molar-refractivity contribution in [2.75, 3.05) is 32.1 Å². The average Bonchev–Trinajstić information content (AvgIpc) is 2.82. The zero-order valence-corrected chi connectivity index (χ0v) is 11.5. The Hall–Kier alpha value is -1.21. The molecule has 0 atom stereocenters. The van der Waals surface area contributed by atoms with Gasteiger partial charge in [0.1, 0.15) is 5.00 Å². The van der Waals surface area contributed by atoms with E-state index >= 15 is 0 Å². The number of amides is 2. The summed E-state index contributed by atoms with van der Waals surface area (Å²) in [6.45, 7) is 4.48. The molecule has 1 saturated heterocycles. The van der Waals surface area contributed by atoms with E-state index in [1.165, 1.54) is 11.5 Å². The van der Waals surface area contributed by atoms with Gasteiger partial charge in [-0.2, -0.15) is 0 Å². The van der Waals surface area contributed by atoms with E-state index in [2.05, 4.69) is 21.8 Å². The van der Waals surface area contributed by atoms with Crippen LogP contribution in [-0.2, 0) is 4.74 Å². The molecule has 1 aliphatic rings. The molecule has 2 rings (SSSR count). The fraction of sp³-hybridized carbons (Fsp3) is 0.727. The minimum atomic E-state index is -0.0690. The third-order valence-corrected chi connectivity index (χ3v) is 3.92. The molecule has 0 unspecified atom stereocenters. The van der Waals surface area contributed by atoms with Crippen LogP contribution in [0.25, 0.3) is 0 Å². The Morgan fingerprint density at radius 1 is 1.61 bits per heavy atom. The number of hydrogen-bond acceptors (Lipinski definition) is 5. The summed E-state index contributed by atoms with van der Waals surface area (Å²) in [4.78, 5) is 13.8. The summed E-state index contributed by atoms with van der Waals surface area (Å²) in [6, 6.07) is -0.0690. The predicted molar refractivity (Wildman–Crippen MR) is 69.7 cm³/mol. The Bertz CT molecular complexity index is 388. The van der Waals surface area contributed by atoms with Crippen molar-refractivity contribution >= 4 is 22.6 Å². The minimum absolute atomic E-state index is 0.0690. The zero-order valence-electron chi connectivity index (χ0n) is 10.7. The molecule has 0 spiro atoms. The minimum Gasteiger partial charge on any atom is -0.384 e. The molecule has 7 heteroatoms. The number of anilines is 1. The number of methoxy groups -OCH3 is 1. The van der Waals surface area contributed by atoms with Gasteiger partial charge in [0.2, 0.25) is 0 Å². The molecule has 100 valence electrons. The van der Waals surface area contributed by atoms with Crippen LogP contribution in [0.3, 0.4) is 0 Å². The highest BCUT2D eigenvalue weighted by molar-refractivity contribution is 7.10. The largest absolute Gasteiger partial charge is 0.384 e. The second-order valence-corrected chi connectivity index (χ2v) is 5.73. The van der Waals surface area contributed by atoms with Crippen LogP contribution < -0.4 is 5.32 Å². The third-order valence-electron chi connectivity index (χ3n) is 3.34. The van der Waals surface area contributed by atoms with Crippen molar-refractivity contribution in [2.24, 2.45) is 5.41 Å². The SMILES string of the molecule is COCC1(C)CCN(C(=O)Nc2cnns2)CC1. The summed E-state index contributed by atoms with van der Waals surface area (Å²) < 4.78 is 8.94. The highest BCUT2D eigenvalue weighted by Crippen LogP contribution is 2.31. The lowest BCUT2D eigenvalue weighted by molar-refractivity contribution is 0.0452. The summed E-state index contributed by atoms with van der Waals surface area (Å²) >= 11 is 1.18. The van der Waals surface area contributed by atoms with Gasteiger partial charge in [-0.05, 0) is 18.3 Å². The Balaban J connectivity index is 1.84. The van der Waals surface area contributed by atoms with Crippen LogP contribution in [0.5, 0.6) is 0 Å². The van der Waals surface area contributed by atoms with Crippen LogP contribution in [0, 0.1) is 5.41 Å². The Labute approximate surface area is 110 Å². The number of piperidine rings is 1. The van der Waals surface area contributed by atoms with E-state index < -0.39 is 0 Å². The maximum Gasteiger partial charge on any atom is 0.322 e. The molecule has 2 amide bonds. The zero-order chi connectivity index (χ0) is 13.0. The summed E-state index contributed by atoms with van der Waals surface area (Å²) in [7, 11) is 1.72. The van der Waals surface area contributed by atoms with E-state index in [-0.39, 0.29) is 11.4 Å². The maximum absolute atomic E-state index is 12.0. The highest BCUT2D eigenvalue weighted by atomic mass is 32.1. The lowest BCUT2D eigenvalue weighted by Gasteiger charge is -2.38.